The second kappa shape index (κ2) is 12.5. The zero-order chi connectivity index (χ0) is 29.7. The molecule has 3 heterocycles. The van der Waals surface area contributed by atoms with Crippen molar-refractivity contribution in [3.63, 3.8) is 0 Å². The highest BCUT2D eigenvalue weighted by molar-refractivity contribution is 6.03. The second-order valence-electron chi connectivity index (χ2n) is 11.1. The molecule has 0 saturated carbocycles. The summed E-state index contributed by atoms with van der Waals surface area (Å²) in [6, 6.07) is 5.16. The molecule has 4 rings (SSSR count). The lowest BCUT2D eigenvalue weighted by Crippen LogP contribution is -2.59. The van der Waals surface area contributed by atoms with Gasteiger partial charge in [0.2, 0.25) is 17.7 Å². The summed E-state index contributed by atoms with van der Waals surface area (Å²) in [5, 5.41) is 12.7. The lowest BCUT2D eigenvalue weighted by atomic mass is 9.85. The van der Waals surface area contributed by atoms with Gasteiger partial charge in [0.05, 0.1) is 24.4 Å². The average molecular weight is 563 g/mol. The average Bonchev–Trinajstić information content (AvgIpc) is 3.45. The monoisotopic (exact) mass is 562 g/mol. The summed E-state index contributed by atoms with van der Waals surface area (Å²) in [6.45, 7) is 7.83. The van der Waals surface area contributed by atoms with Crippen LogP contribution >= 0.6 is 0 Å². The molecule has 218 valence electrons. The van der Waals surface area contributed by atoms with Gasteiger partial charge in [-0.25, -0.2) is 9.97 Å². The van der Waals surface area contributed by atoms with E-state index >= 15 is 0 Å². The van der Waals surface area contributed by atoms with Gasteiger partial charge in [0.25, 0.3) is 0 Å². The number of likely N-dealkylation sites (tertiary alicyclic amines) is 1. The fourth-order valence-electron chi connectivity index (χ4n) is 4.75. The van der Waals surface area contributed by atoms with E-state index in [9.17, 15) is 14.4 Å². The molecule has 3 aromatic rings. The number of ether oxygens (including phenoxy) is 1. The van der Waals surface area contributed by atoms with E-state index in [-0.39, 0.29) is 17.7 Å². The number of fused-ring (bicyclic) bond motifs is 1. The molecule has 4 N–H and O–H groups in total. The van der Waals surface area contributed by atoms with E-state index in [1.165, 1.54) is 13.4 Å². The molecule has 1 fully saturated rings. The predicted octanol–water partition coefficient (Wildman–Crippen LogP) is 2.85. The van der Waals surface area contributed by atoms with Gasteiger partial charge in [-0.1, -0.05) is 20.8 Å². The normalized spacial score (nSPS) is 16.6. The molecule has 0 radical (unpaired) electrons. The number of pyridine rings is 1. The van der Waals surface area contributed by atoms with Crippen LogP contribution in [-0.4, -0.2) is 76.4 Å². The van der Waals surface area contributed by atoms with Crippen LogP contribution in [0.1, 0.15) is 40.5 Å². The fourth-order valence-corrected chi connectivity index (χ4v) is 4.75. The first kappa shape index (κ1) is 29.7. The third-order valence-corrected chi connectivity index (χ3v) is 7.22. The first-order valence-electron chi connectivity index (χ1n) is 13.6. The highest BCUT2D eigenvalue weighted by atomic mass is 16.5. The maximum atomic E-state index is 13.8. The van der Waals surface area contributed by atoms with E-state index in [1.54, 1.807) is 43.4 Å². The van der Waals surface area contributed by atoms with Crippen LogP contribution in [0.25, 0.3) is 10.9 Å². The van der Waals surface area contributed by atoms with Crippen LogP contribution < -0.4 is 26.0 Å². The SMILES string of the molecule is CN[C@@H](C)C(=O)N[C@H](C(=O)N1CCC[C@H]1C(=O)Nc1cc2c(Nc3ccncc3)ncnc2cc1OC)C(C)(C)C. The Bertz CT molecular complexity index is 1410. The van der Waals surface area contributed by atoms with Gasteiger partial charge < -0.3 is 30.9 Å². The van der Waals surface area contributed by atoms with E-state index in [0.29, 0.717) is 47.5 Å². The Morgan fingerprint density at radius 3 is 2.51 bits per heavy atom. The number of nitrogens with one attached hydrogen (secondary N) is 4. The van der Waals surface area contributed by atoms with Crippen LogP contribution in [0.2, 0.25) is 0 Å². The highest BCUT2D eigenvalue weighted by Gasteiger charge is 2.42. The van der Waals surface area contributed by atoms with Crippen molar-refractivity contribution >= 4 is 45.8 Å². The van der Waals surface area contributed by atoms with E-state index in [1.807, 2.05) is 32.9 Å². The first-order chi connectivity index (χ1) is 19.5. The number of carbonyl (C=O) groups excluding carboxylic acids is 3. The summed E-state index contributed by atoms with van der Waals surface area (Å²) in [7, 11) is 3.20. The third-order valence-electron chi connectivity index (χ3n) is 7.22. The molecule has 1 aliphatic heterocycles. The molecular formula is C29H38N8O4. The zero-order valence-corrected chi connectivity index (χ0v) is 24.3. The summed E-state index contributed by atoms with van der Waals surface area (Å²) in [5.41, 5.74) is 1.29. The lowest BCUT2D eigenvalue weighted by molar-refractivity contribution is -0.143. The zero-order valence-electron chi connectivity index (χ0n) is 24.3. The molecule has 1 aliphatic rings. The number of hydrogen-bond donors (Lipinski definition) is 4. The van der Waals surface area contributed by atoms with Gasteiger partial charge in [-0.3, -0.25) is 19.4 Å². The van der Waals surface area contributed by atoms with E-state index in [4.69, 9.17) is 4.74 Å². The van der Waals surface area contributed by atoms with Crippen molar-refractivity contribution < 1.29 is 19.1 Å². The minimum absolute atomic E-state index is 0.278. The quantitative estimate of drug-likeness (QED) is 0.309. The number of likely N-dealkylation sites (N-methyl/N-ethyl adjacent to an activating group) is 1. The van der Waals surface area contributed by atoms with Crippen molar-refractivity contribution in [2.45, 2.75) is 58.7 Å². The summed E-state index contributed by atoms with van der Waals surface area (Å²) in [4.78, 5) is 54.5. The van der Waals surface area contributed by atoms with Crippen molar-refractivity contribution in [3.05, 3.63) is 43.0 Å². The fraction of sp³-hybridized carbons (Fsp3) is 0.448. The molecular weight excluding hydrogens is 524 g/mol. The van der Waals surface area contributed by atoms with Gasteiger partial charge >= 0.3 is 0 Å². The summed E-state index contributed by atoms with van der Waals surface area (Å²) in [5.74, 6) is 0.0825. The van der Waals surface area contributed by atoms with Crippen molar-refractivity contribution in [1.82, 2.24) is 30.5 Å². The van der Waals surface area contributed by atoms with Gasteiger partial charge in [0.1, 0.15) is 30.0 Å². The largest absolute Gasteiger partial charge is 0.494 e. The number of anilines is 3. The lowest BCUT2D eigenvalue weighted by Gasteiger charge is -2.36. The van der Waals surface area contributed by atoms with Crippen LogP contribution in [-0.2, 0) is 14.4 Å². The van der Waals surface area contributed by atoms with Gasteiger partial charge in [-0.2, -0.15) is 0 Å². The summed E-state index contributed by atoms with van der Waals surface area (Å²) in [6.07, 6.45) is 5.97. The van der Waals surface area contributed by atoms with Crippen molar-refractivity contribution in [3.8, 4) is 5.75 Å². The van der Waals surface area contributed by atoms with E-state index < -0.39 is 23.5 Å². The van der Waals surface area contributed by atoms with E-state index in [2.05, 4.69) is 36.2 Å². The number of nitrogens with zero attached hydrogens (tertiary/aromatic N) is 4. The maximum Gasteiger partial charge on any atom is 0.247 e. The van der Waals surface area contributed by atoms with Crippen LogP contribution in [0.15, 0.2) is 43.0 Å². The van der Waals surface area contributed by atoms with Crippen molar-refractivity contribution in [1.29, 1.82) is 0 Å². The van der Waals surface area contributed by atoms with Crippen molar-refractivity contribution in [2.24, 2.45) is 5.41 Å². The molecule has 12 heteroatoms. The number of aromatic nitrogens is 3. The smallest absolute Gasteiger partial charge is 0.247 e. The van der Waals surface area contributed by atoms with Crippen LogP contribution in [0.5, 0.6) is 5.75 Å². The van der Waals surface area contributed by atoms with Crippen LogP contribution in [0.3, 0.4) is 0 Å². The minimum atomic E-state index is -0.798. The first-order valence-corrected chi connectivity index (χ1v) is 13.6. The minimum Gasteiger partial charge on any atom is -0.494 e. The molecule has 0 bridgehead atoms. The van der Waals surface area contributed by atoms with Crippen LogP contribution in [0, 0.1) is 5.41 Å². The van der Waals surface area contributed by atoms with Crippen molar-refractivity contribution in [2.75, 3.05) is 31.3 Å². The molecule has 12 nitrogen and oxygen atoms in total. The number of amides is 3. The third kappa shape index (κ3) is 6.71. The molecule has 0 unspecified atom stereocenters. The number of methoxy groups -OCH3 is 1. The molecule has 1 saturated heterocycles. The maximum absolute atomic E-state index is 13.8. The Labute approximate surface area is 239 Å². The number of hydrogen-bond acceptors (Lipinski definition) is 9. The number of rotatable bonds is 9. The number of benzene rings is 1. The van der Waals surface area contributed by atoms with Gasteiger partial charge in [-0.05, 0) is 50.4 Å². The van der Waals surface area contributed by atoms with Crippen LogP contribution in [0.4, 0.5) is 17.2 Å². The Hall–Kier alpha value is -4.32. The molecule has 3 amide bonds. The number of carbonyl (C=O) groups is 3. The predicted molar refractivity (Wildman–Crippen MR) is 157 cm³/mol. The van der Waals surface area contributed by atoms with Gasteiger partial charge in [-0.15, -0.1) is 0 Å². The molecule has 3 atom stereocenters. The molecule has 0 spiro atoms. The van der Waals surface area contributed by atoms with Gasteiger partial charge in [0, 0.05) is 36.1 Å². The Morgan fingerprint density at radius 2 is 1.85 bits per heavy atom. The second-order valence-corrected chi connectivity index (χ2v) is 11.1. The standard InChI is InChI=1S/C29H38N8O4/c1-17(30-5)26(38)36-24(29(2,3)4)28(40)37-13-7-8-22(37)27(39)35-21-14-19-20(15-23(21)41-6)32-16-33-25(19)34-18-9-11-31-12-10-18/h9-12,14-17,22,24,30H,7-8,13H2,1-6H3,(H,35,39)(H,36,38)(H,31,32,33,34)/t17-,22-,24+/m0/s1. The van der Waals surface area contributed by atoms with Gasteiger partial charge in [0.15, 0.2) is 0 Å². The molecule has 1 aromatic carbocycles. The Kier molecular flexibility index (Phi) is 9.01. The summed E-state index contributed by atoms with van der Waals surface area (Å²) >= 11 is 0. The topological polar surface area (TPSA) is 150 Å². The Morgan fingerprint density at radius 1 is 1.12 bits per heavy atom. The van der Waals surface area contributed by atoms with E-state index in [0.717, 1.165) is 5.69 Å². The summed E-state index contributed by atoms with van der Waals surface area (Å²) < 4.78 is 5.57. The molecule has 2 aromatic heterocycles. The molecule has 0 aliphatic carbocycles. The molecule has 41 heavy (non-hydrogen) atoms. The highest BCUT2D eigenvalue weighted by Crippen LogP contribution is 2.34. The Balaban J connectivity index is 1.59.